The zero-order chi connectivity index (χ0) is 27.1. The zero-order valence-corrected chi connectivity index (χ0v) is 22.5. The Kier molecular flexibility index (Phi) is 6.36. The Hall–Kier alpha value is -4.37. The second kappa shape index (κ2) is 10.3. The van der Waals surface area contributed by atoms with Gasteiger partial charge in [0.1, 0.15) is 11.2 Å². The lowest BCUT2D eigenvalue weighted by atomic mass is 9.87. The maximum Gasteiger partial charge on any atom is 0.224 e. The average Bonchev–Trinajstić information content (AvgIpc) is 3.71. The second-order valence-electron chi connectivity index (χ2n) is 10.4. The van der Waals surface area contributed by atoms with E-state index in [4.69, 9.17) is 4.98 Å². The van der Waals surface area contributed by atoms with Gasteiger partial charge in [-0.15, -0.1) is 11.3 Å². The summed E-state index contributed by atoms with van der Waals surface area (Å²) in [6.45, 7) is 0. The van der Waals surface area contributed by atoms with Gasteiger partial charge in [0.25, 0.3) is 0 Å². The summed E-state index contributed by atoms with van der Waals surface area (Å²) in [6, 6.07) is 17.1. The van der Waals surface area contributed by atoms with Crippen LogP contribution in [0, 0.1) is 11.0 Å². The first-order valence-electron chi connectivity index (χ1n) is 13.6. The van der Waals surface area contributed by atoms with Gasteiger partial charge in [-0.05, 0) is 61.2 Å². The molecule has 1 saturated carbocycles. The van der Waals surface area contributed by atoms with Crippen LogP contribution in [0.25, 0.3) is 55.0 Å². The first kappa shape index (κ1) is 24.7. The number of anilines is 1. The molecule has 6 aromatic rings. The number of hydrogen-bond donors (Lipinski definition) is 3. The van der Waals surface area contributed by atoms with Gasteiger partial charge in [-0.2, -0.15) is 9.49 Å². The number of amides is 1. The Balaban J connectivity index is 1.19. The summed E-state index contributed by atoms with van der Waals surface area (Å²) in [6.07, 6.45) is 9.95. The lowest BCUT2D eigenvalue weighted by molar-refractivity contribution is -0.117. The van der Waals surface area contributed by atoms with Crippen molar-refractivity contribution < 1.29 is 9.18 Å². The summed E-state index contributed by atoms with van der Waals surface area (Å²) in [5.74, 6) is 0.510. The molecule has 200 valence electrons. The fourth-order valence-electron chi connectivity index (χ4n) is 5.72. The number of hydrogen-bond acceptors (Lipinski definition) is 5. The van der Waals surface area contributed by atoms with Crippen molar-refractivity contribution in [2.45, 2.75) is 38.5 Å². The normalized spacial score (nSPS) is 14.2. The highest BCUT2D eigenvalue weighted by atomic mass is 32.1. The zero-order valence-electron chi connectivity index (χ0n) is 21.7. The van der Waals surface area contributed by atoms with E-state index in [1.54, 1.807) is 18.5 Å². The van der Waals surface area contributed by atoms with Crippen molar-refractivity contribution >= 4 is 44.9 Å². The van der Waals surface area contributed by atoms with Crippen molar-refractivity contribution in [3.8, 4) is 33.1 Å². The molecule has 0 bridgehead atoms. The summed E-state index contributed by atoms with van der Waals surface area (Å²) in [7, 11) is 0. The Morgan fingerprint density at radius 3 is 2.77 bits per heavy atom. The molecule has 0 aliphatic heterocycles. The highest BCUT2D eigenvalue weighted by Crippen LogP contribution is 2.36. The SMILES string of the molecule is O=C(CC1CCCCC1)Nc1cncc(-c2ccc3[nH]nc(-c4cc5c(-c6ccc(F)s6)cccc5[nH]4)c3n2)c1. The molecule has 3 N–H and O–H groups in total. The molecule has 9 heteroatoms. The van der Waals surface area contributed by atoms with Crippen molar-refractivity contribution in [3.05, 3.63) is 72.1 Å². The number of carbonyl (C=O) groups excluding carboxylic acids is 1. The van der Waals surface area contributed by atoms with Crippen LogP contribution in [0.2, 0.25) is 0 Å². The van der Waals surface area contributed by atoms with E-state index >= 15 is 0 Å². The second-order valence-corrected chi connectivity index (χ2v) is 11.5. The van der Waals surface area contributed by atoms with Crippen molar-refractivity contribution in [2.75, 3.05) is 5.32 Å². The molecule has 1 aliphatic carbocycles. The van der Waals surface area contributed by atoms with Crippen molar-refractivity contribution in [1.29, 1.82) is 0 Å². The number of benzene rings is 1. The van der Waals surface area contributed by atoms with E-state index < -0.39 is 0 Å². The maximum absolute atomic E-state index is 13.7. The molecule has 1 fully saturated rings. The third kappa shape index (κ3) is 4.77. The number of H-pyrrole nitrogens is 2. The minimum Gasteiger partial charge on any atom is -0.353 e. The van der Waals surface area contributed by atoms with Crippen LogP contribution in [0.1, 0.15) is 38.5 Å². The van der Waals surface area contributed by atoms with Gasteiger partial charge < -0.3 is 10.3 Å². The molecule has 40 heavy (non-hydrogen) atoms. The van der Waals surface area contributed by atoms with Crippen LogP contribution in [0.4, 0.5) is 10.1 Å². The molecule has 0 saturated heterocycles. The largest absolute Gasteiger partial charge is 0.353 e. The van der Waals surface area contributed by atoms with Crippen LogP contribution in [-0.4, -0.2) is 31.1 Å². The summed E-state index contributed by atoms with van der Waals surface area (Å²) in [5.41, 5.74) is 7.16. The molecule has 0 unspecified atom stereocenters. The molecule has 0 radical (unpaired) electrons. The van der Waals surface area contributed by atoms with Crippen LogP contribution in [-0.2, 0) is 4.79 Å². The average molecular weight is 551 g/mol. The third-order valence-electron chi connectivity index (χ3n) is 7.68. The van der Waals surface area contributed by atoms with Crippen LogP contribution in [0.15, 0.2) is 67.0 Å². The lowest BCUT2D eigenvalue weighted by Crippen LogP contribution is -2.18. The van der Waals surface area contributed by atoms with E-state index in [0.717, 1.165) is 73.5 Å². The summed E-state index contributed by atoms with van der Waals surface area (Å²) in [4.78, 5) is 26.3. The molecule has 1 aliphatic rings. The van der Waals surface area contributed by atoms with Gasteiger partial charge in [0, 0.05) is 39.5 Å². The number of fused-ring (bicyclic) bond motifs is 2. The molecular formula is C31H27FN6OS. The van der Waals surface area contributed by atoms with Gasteiger partial charge in [-0.1, -0.05) is 31.4 Å². The molecule has 7 nitrogen and oxygen atoms in total. The number of halogens is 1. The first-order valence-corrected chi connectivity index (χ1v) is 14.4. The highest BCUT2D eigenvalue weighted by molar-refractivity contribution is 7.14. The Bertz CT molecular complexity index is 1850. The van der Waals surface area contributed by atoms with E-state index in [0.29, 0.717) is 23.7 Å². The predicted octanol–water partition coefficient (Wildman–Crippen LogP) is 7.94. The van der Waals surface area contributed by atoms with Gasteiger partial charge in [0.2, 0.25) is 5.91 Å². The maximum atomic E-state index is 13.7. The van der Waals surface area contributed by atoms with Crippen LogP contribution >= 0.6 is 11.3 Å². The minimum atomic E-state index is -0.208. The van der Waals surface area contributed by atoms with E-state index in [1.807, 2.05) is 42.5 Å². The van der Waals surface area contributed by atoms with Crippen LogP contribution in [0.5, 0.6) is 0 Å². The fraction of sp³-hybridized carbons (Fsp3) is 0.226. The third-order valence-corrected chi connectivity index (χ3v) is 8.59. The number of nitrogens with zero attached hydrogens (tertiary/aromatic N) is 3. The number of nitrogens with one attached hydrogen (secondary N) is 3. The van der Waals surface area contributed by atoms with Gasteiger partial charge in [0.15, 0.2) is 5.13 Å². The topological polar surface area (TPSA) is 99.4 Å². The molecule has 0 atom stereocenters. The summed E-state index contributed by atoms with van der Waals surface area (Å²) < 4.78 is 13.7. The number of aromatic amines is 2. The molecule has 1 aromatic carbocycles. The number of thiophene rings is 1. The van der Waals surface area contributed by atoms with E-state index in [-0.39, 0.29) is 11.0 Å². The molecule has 1 amide bonds. The molecule has 5 heterocycles. The smallest absolute Gasteiger partial charge is 0.224 e. The van der Waals surface area contributed by atoms with E-state index in [2.05, 4.69) is 25.5 Å². The van der Waals surface area contributed by atoms with Gasteiger partial charge in [-0.25, -0.2) is 4.98 Å². The quantitative estimate of drug-likeness (QED) is 0.196. The van der Waals surface area contributed by atoms with E-state index in [1.165, 1.54) is 25.3 Å². The van der Waals surface area contributed by atoms with E-state index in [9.17, 15) is 9.18 Å². The van der Waals surface area contributed by atoms with Crippen LogP contribution in [0.3, 0.4) is 0 Å². The molecular weight excluding hydrogens is 523 g/mol. The van der Waals surface area contributed by atoms with Gasteiger partial charge in [-0.3, -0.25) is 14.9 Å². The number of pyridine rings is 2. The Labute approximate surface area is 233 Å². The summed E-state index contributed by atoms with van der Waals surface area (Å²) >= 11 is 1.13. The van der Waals surface area contributed by atoms with Gasteiger partial charge >= 0.3 is 0 Å². The Morgan fingerprint density at radius 1 is 1.02 bits per heavy atom. The lowest BCUT2D eigenvalue weighted by Gasteiger charge is -2.20. The van der Waals surface area contributed by atoms with Crippen molar-refractivity contribution in [1.82, 2.24) is 25.1 Å². The number of carbonyl (C=O) groups is 1. The predicted molar refractivity (Wildman–Crippen MR) is 158 cm³/mol. The molecule has 0 spiro atoms. The number of rotatable bonds is 6. The summed E-state index contributed by atoms with van der Waals surface area (Å²) in [5, 5.41) is 11.5. The first-order chi connectivity index (χ1) is 19.6. The molecule has 7 rings (SSSR count). The highest BCUT2D eigenvalue weighted by Gasteiger charge is 2.18. The van der Waals surface area contributed by atoms with Crippen LogP contribution < -0.4 is 5.32 Å². The Morgan fingerprint density at radius 2 is 1.93 bits per heavy atom. The van der Waals surface area contributed by atoms with Gasteiger partial charge in [0.05, 0.1) is 28.8 Å². The standard InChI is InChI=1S/C31H27FN6OS/c32-28-12-11-27(40-28)21-7-4-8-24-22(21)15-26(35-24)31-30-25(37-38-31)10-9-23(36-30)19-14-20(17-33-16-19)34-29(39)13-18-5-2-1-3-6-18/h4,7-12,14-18,35H,1-3,5-6,13H2,(H,34,39)(H,37,38). The number of aromatic nitrogens is 5. The minimum absolute atomic E-state index is 0.0369. The molecule has 5 aromatic heterocycles. The fourth-order valence-corrected chi connectivity index (χ4v) is 6.49. The monoisotopic (exact) mass is 550 g/mol. The van der Waals surface area contributed by atoms with Crippen molar-refractivity contribution in [2.24, 2.45) is 5.92 Å². The van der Waals surface area contributed by atoms with Crippen molar-refractivity contribution in [3.63, 3.8) is 0 Å².